The predicted octanol–water partition coefficient (Wildman–Crippen LogP) is 1.96. The van der Waals surface area contributed by atoms with E-state index >= 15 is 0 Å². The van der Waals surface area contributed by atoms with E-state index in [4.69, 9.17) is 15.7 Å². The zero-order valence-electron chi connectivity index (χ0n) is 11.2. The highest BCUT2D eigenvalue weighted by molar-refractivity contribution is 5.75. The lowest BCUT2D eigenvalue weighted by Crippen LogP contribution is -2.26. The van der Waals surface area contributed by atoms with E-state index in [2.05, 4.69) is 0 Å². The lowest BCUT2D eigenvalue weighted by Gasteiger charge is -2.07. The number of alkyl halides is 3. The number of carboxylic acid groups (broad SMARTS) is 1. The fourth-order valence-corrected chi connectivity index (χ4v) is 1.09. The number of hydrogen-bond acceptors (Lipinski definition) is 4. The summed E-state index contributed by atoms with van der Waals surface area (Å²) in [7, 11) is 1.87. The third kappa shape index (κ3) is 19.4. The van der Waals surface area contributed by atoms with E-state index in [0.717, 1.165) is 32.2 Å². The lowest BCUT2D eigenvalue weighted by atomic mass is 10.1. The maximum absolute atomic E-state index is 10.6. The van der Waals surface area contributed by atoms with Crippen LogP contribution in [0.2, 0.25) is 0 Å². The topological polar surface area (TPSA) is 83.6 Å². The highest BCUT2D eigenvalue weighted by Crippen LogP contribution is 2.13. The minimum atomic E-state index is -5.08. The SMILES string of the molecule is CC(=O)CCCCCCN(C)N.O=C(O)C(F)(F)F. The molecule has 114 valence electrons. The molecule has 0 saturated carbocycles. The van der Waals surface area contributed by atoms with Gasteiger partial charge in [0.15, 0.2) is 0 Å². The number of rotatable bonds is 7. The number of nitrogens with two attached hydrogens (primary N) is 1. The number of Topliss-reactive ketones (excluding diaryl/α,β-unsaturated/α-hetero) is 1. The highest BCUT2D eigenvalue weighted by Gasteiger charge is 2.38. The van der Waals surface area contributed by atoms with Crippen molar-refractivity contribution in [3.8, 4) is 0 Å². The number of hydrogen-bond donors (Lipinski definition) is 2. The molecule has 8 heteroatoms. The van der Waals surface area contributed by atoms with Crippen LogP contribution in [0.4, 0.5) is 13.2 Å². The Hall–Kier alpha value is -1.15. The standard InChI is InChI=1S/C9H20N2O.C2HF3O2/c1-9(12)7-5-3-4-6-8-11(2)10;3-2(4,5)1(6)7/h3-8,10H2,1-2H3;(H,6,7). The van der Waals surface area contributed by atoms with Gasteiger partial charge in [-0.05, 0) is 19.8 Å². The Labute approximate surface area is 110 Å². The van der Waals surface area contributed by atoms with Gasteiger partial charge >= 0.3 is 12.1 Å². The first-order chi connectivity index (χ1) is 8.57. The molecule has 3 N–H and O–H groups in total. The molecule has 0 fully saturated rings. The number of carboxylic acids is 1. The molecule has 0 atom stereocenters. The van der Waals surface area contributed by atoms with Crippen molar-refractivity contribution in [1.29, 1.82) is 0 Å². The van der Waals surface area contributed by atoms with E-state index in [-0.39, 0.29) is 0 Å². The van der Waals surface area contributed by atoms with Gasteiger partial charge in [0, 0.05) is 20.0 Å². The molecule has 0 bridgehead atoms. The van der Waals surface area contributed by atoms with E-state index in [9.17, 15) is 18.0 Å². The van der Waals surface area contributed by atoms with Crippen molar-refractivity contribution < 1.29 is 27.9 Å². The minimum absolute atomic E-state index is 0.297. The second-order valence-corrected chi connectivity index (χ2v) is 4.15. The molecule has 0 aromatic heterocycles. The first kappa shape index (κ1) is 20.2. The smallest absolute Gasteiger partial charge is 0.475 e. The molecule has 0 aromatic carbocycles. The number of ketones is 1. The molecule has 0 rings (SSSR count). The van der Waals surface area contributed by atoms with Crippen LogP contribution in [-0.4, -0.2) is 41.6 Å². The fraction of sp³-hybridized carbons (Fsp3) is 0.818. The molecule has 5 nitrogen and oxygen atoms in total. The van der Waals surface area contributed by atoms with Crippen LogP contribution in [0.3, 0.4) is 0 Å². The van der Waals surface area contributed by atoms with Crippen LogP contribution in [0.5, 0.6) is 0 Å². The number of hydrazine groups is 1. The van der Waals surface area contributed by atoms with Crippen LogP contribution in [-0.2, 0) is 9.59 Å². The van der Waals surface area contributed by atoms with Gasteiger partial charge in [0.25, 0.3) is 0 Å². The summed E-state index contributed by atoms with van der Waals surface area (Å²) in [5, 5.41) is 8.82. The average Bonchev–Trinajstić information content (AvgIpc) is 2.21. The Morgan fingerprint density at radius 2 is 1.58 bits per heavy atom. The van der Waals surface area contributed by atoms with Gasteiger partial charge in [-0.25, -0.2) is 4.79 Å². The fourth-order valence-electron chi connectivity index (χ4n) is 1.09. The molecule has 0 heterocycles. The first-order valence-corrected chi connectivity index (χ1v) is 5.82. The summed E-state index contributed by atoms with van der Waals surface area (Å²) >= 11 is 0. The predicted molar refractivity (Wildman–Crippen MR) is 64.3 cm³/mol. The van der Waals surface area contributed by atoms with Gasteiger partial charge in [-0.2, -0.15) is 13.2 Å². The Morgan fingerprint density at radius 1 is 1.16 bits per heavy atom. The maximum Gasteiger partial charge on any atom is 0.490 e. The van der Waals surface area contributed by atoms with E-state index in [0.29, 0.717) is 5.78 Å². The summed E-state index contributed by atoms with van der Waals surface area (Å²) in [5.74, 6) is 2.97. The summed E-state index contributed by atoms with van der Waals surface area (Å²) < 4.78 is 31.7. The van der Waals surface area contributed by atoms with Gasteiger partial charge in [0.2, 0.25) is 0 Å². The van der Waals surface area contributed by atoms with Crippen molar-refractivity contribution in [2.45, 2.75) is 45.2 Å². The van der Waals surface area contributed by atoms with Crippen LogP contribution in [0.15, 0.2) is 0 Å². The second kappa shape index (κ2) is 10.7. The number of aliphatic carboxylic acids is 1. The first-order valence-electron chi connectivity index (χ1n) is 5.82. The molecule has 0 aliphatic rings. The lowest BCUT2D eigenvalue weighted by molar-refractivity contribution is -0.192. The van der Waals surface area contributed by atoms with Gasteiger partial charge in [-0.1, -0.05) is 12.8 Å². The quantitative estimate of drug-likeness (QED) is 0.424. The van der Waals surface area contributed by atoms with Gasteiger partial charge in [0.1, 0.15) is 5.78 Å². The normalized spacial score (nSPS) is 10.9. The van der Waals surface area contributed by atoms with Crippen molar-refractivity contribution >= 4 is 11.8 Å². The molecular formula is C11H21F3N2O3. The zero-order valence-corrected chi connectivity index (χ0v) is 11.2. The van der Waals surface area contributed by atoms with Gasteiger partial charge in [0.05, 0.1) is 0 Å². The monoisotopic (exact) mass is 286 g/mol. The molecule has 0 spiro atoms. The van der Waals surface area contributed by atoms with Crippen LogP contribution in [0, 0.1) is 0 Å². The molecule has 0 aliphatic heterocycles. The largest absolute Gasteiger partial charge is 0.490 e. The number of carbonyl (C=O) groups is 2. The van der Waals surface area contributed by atoms with Crippen molar-refractivity contribution in [3.05, 3.63) is 0 Å². The highest BCUT2D eigenvalue weighted by atomic mass is 19.4. The van der Waals surface area contributed by atoms with Crippen LogP contribution >= 0.6 is 0 Å². The molecule has 0 radical (unpaired) electrons. The summed E-state index contributed by atoms with van der Waals surface area (Å²) in [6, 6.07) is 0. The van der Waals surface area contributed by atoms with Crippen LogP contribution < -0.4 is 5.84 Å². The summed E-state index contributed by atoms with van der Waals surface area (Å²) in [5.41, 5.74) is 0. The van der Waals surface area contributed by atoms with E-state index in [1.54, 1.807) is 11.9 Å². The van der Waals surface area contributed by atoms with E-state index < -0.39 is 12.1 Å². The Morgan fingerprint density at radius 3 is 1.89 bits per heavy atom. The summed E-state index contributed by atoms with van der Waals surface area (Å²) in [4.78, 5) is 19.5. The Bertz CT molecular complexity index is 268. The number of nitrogens with zero attached hydrogens (tertiary/aromatic N) is 1. The summed E-state index contributed by atoms with van der Waals surface area (Å²) in [6.45, 7) is 2.59. The van der Waals surface area contributed by atoms with Crippen LogP contribution in [0.25, 0.3) is 0 Å². The third-order valence-corrected chi connectivity index (χ3v) is 2.03. The zero-order chi connectivity index (χ0) is 15.5. The molecule has 0 aliphatic carbocycles. The molecule has 19 heavy (non-hydrogen) atoms. The maximum atomic E-state index is 10.6. The van der Waals surface area contributed by atoms with Crippen molar-refractivity contribution in [1.82, 2.24) is 5.01 Å². The minimum Gasteiger partial charge on any atom is -0.475 e. The second-order valence-electron chi connectivity index (χ2n) is 4.15. The van der Waals surface area contributed by atoms with Crippen LogP contribution in [0.1, 0.15) is 39.0 Å². The van der Waals surface area contributed by atoms with Gasteiger partial charge in [-0.15, -0.1) is 0 Å². The van der Waals surface area contributed by atoms with Crippen molar-refractivity contribution in [3.63, 3.8) is 0 Å². The van der Waals surface area contributed by atoms with E-state index in [1.165, 1.54) is 6.42 Å². The Balaban J connectivity index is 0. The number of carbonyl (C=O) groups excluding carboxylic acids is 1. The van der Waals surface area contributed by atoms with E-state index in [1.807, 2.05) is 7.05 Å². The summed E-state index contributed by atoms with van der Waals surface area (Å²) in [6.07, 6.45) is 0.134. The van der Waals surface area contributed by atoms with Crippen molar-refractivity contribution in [2.75, 3.05) is 13.6 Å². The molecular weight excluding hydrogens is 265 g/mol. The van der Waals surface area contributed by atoms with Gasteiger partial charge in [-0.3, -0.25) is 10.9 Å². The number of halogens is 3. The molecule has 0 saturated heterocycles. The third-order valence-electron chi connectivity index (χ3n) is 2.03. The van der Waals surface area contributed by atoms with Crippen molar-refractivity contribution in [2.24, 2.45) is 5.84 Å². The number of unbranched alkanes of at least 4 members (excludes halogenated alkanes) is 3. The van der Waals surface area contributed by atoms with Gasteiger partial charge < -0.3 is 9.90 Å². The Kier molecular flexibility index (Phi) is 11.4. The molecule has 0 aromatic rings. The molecule has 0 amide bonds. The molecule has 0 unspecified atom stereocenters. The average molecular weight is 286 g/mol.